The predicted octanol–water partition coefficient (Wildman–Crippen LogP) is 5.93. The lowest BCUT2D eigenvalue weighted by Gasteiger charge is -2.17. The van der Waals surface area contributed by atoms with Crippen LogP contribution in [-0.2, 0) is 7.05 Å². The Kier molecular flexibility index (Phi) is 5.65. The molecule has 1 unspecified atom stereocenters. The van der Waals surface area contributed by atoms with Gasteiger partial charge in [0.25, 0.3) is 0 Å². The SMILES string of the molecule is Cc1c2ccc(-c3nn(C(C)c4oc5cccc(F)c5c(=O)c4-c4cccc(F)c4)c4ncnc(N)c34)cc2nn1C. The molecule has 1 atom stereocenters. The minimum absolute atomic E-state index is 0.0252. The van der Waals surface area contributed by atoms with Crippen LogP contribution >= 0.6 is 0 Å². The summed E-state index contributed by atoms with van der Waals surface area (Å²) in [5.74, 6) is -0.900. The largest absolute Gasteiger partial charge is 0.458 e. The Bertz CT molecular complexity index is 2270. The number of fused-ring (bicyclic) bond motifs is 3. The van der Waals surface area contributed by atoms with Crippen LogP contribution in [0.1, 0.15) is 24.4 Å². The van der Waals surface area contributed by atoms with E-state index in [4.69, 9.17) is 15.2 Å². The van der Waals surface area contributed by atoms with Crippen molar-refractivity contribution in [1.82, 2.24) is 29.5 Å². The van der Waals surface area contributed by atoms with Crippen LogP contribution in [0.25, 0.3) is 55.3 Å². The topological polar surface area (TPSA) is 118 Å². The third-order valence-corrected chi connectivity index (χ3v) is 7.68. The van der Waals surface area contributed by atoms with E-state index in [0.717, 1.165) is 22.2 Å². The molecule has 7 rings (SSSR count). The maximum atomic E-state index is 14.9. The molecule has 4 heterocycles. The molecule has 3 aromatic carbocycles. The van der Waals surface area contributed by atoms with Crippen molar-refractivity contribution >= 4 is 38.7 Å². The monoisotopic (exact) mass is 563 g/mol. The molecule has 0 bridgehead atoms. The van der Waals surface area contributed by atoms with E-state index in [2.05, 4.69) is 15.1 Å². The molecule has 0 aliphatic heterocycles. The summed E-state index contributed by atoms with van der Waals surface area (Å²) in [6, 6.07) is 14.8. The van der Waals surface area contributed by atoms with Gasteiger partial charge in [-0.1, -0.05) is 30.3 Å². The zero-order valence-electron chi connectivity index (χ0n) is 22.8. The fourth-order valence-electron chi connectivity index (χ4n) is 5.48. The van der Waals surface area contributed by atoms with Crippen LogP contribution in [0, 0.1) is 18.6 Å². The van der Waals surface area contributed by atoms with Gasteiger partial charge in [0, 0.05) is 23.7 Å². The number of aryl methyl sites for hydroxylation is 2. The van der Waals surface area contributed by atoms with Gasteiger partial charge in [-0.25, -0.2) is 23.4 Å². The van der Waals surface area contributed by atoms with E-state index in [-0.39, 0.29) is 33.7 Å². The van der Waals surface area contributed by atoms with Crippen molar-refractivity contribution in [2.75, 3.05) is 5.73 Å². The Morgan fingerprint density at radius 1 is 0.952 bits per heavy atom. The number of aromatic nitrogens is 6. The Labute approximate surface area is 236 Å². The number of anilines is 1. The van der Waals surface area contributed by atoms with Gasteiger partial charge >= 0.3 is 0 Å². The molecule has 0 amide bonds. The van der Waals surface area contributed by atoms with Gasteiger partial charge in [-0.05, 0) is 49.7 Å². The molecular weight excluding hydrogens is 540 g/mol. The van der Waals surface area contributed by atoms with Gasteiger partial charge in [-0.15, -0.1) is 0 Å². The lowest BCUT2D eigenvalue weighted by molar-refractivity contribution is 0.445. The molecule has 4 aromatic heterocycles. The second-order valence-corrected chi connectivity index (χ2v) is 10.2. The predicted molar refractivity (Wildman–Crippen MR) is 156 cm³/mol. The number of halogens is 2. The maximum absolute atomic E-state index is 14.9. The summed E-state index contributed by atoms with van der Waals surface area (Å²) in [5.41, 5.74) is 9.53. The number of benzene rings is 3. The molecule has 0 aliphatic carbocycles. The molecule has 9 nitrogen and oxygen atoms in total. The first-order valence-electron chi connectivity index (χ1n) is 13.2. The minimum atomic E-state index is -0.755. The zero-order chi connectivity index (χ0) is 29.3. The van der Waals surface area contributed by atoms with Gasteiger partial charge < -0.3 is 10.2 Å². The molecule has 11 heteroatoms. The third kappa shape index (κ3) is 3.77. The van der Waals surface area contributed by atoms with Crippen LogP contribution in [0.2, 0.25) is 0 Å². The van der Waals surface area contributed by atoms with Gasteiger partial charge in [0.2, 0.25) is 5.43 Å². The van der Waals surface area contributed by atoms with E-state index in [1.165, 1.54) is 42.7 Å². The summed E-state index contributed by atoms with van der Waals surface area (Å²) in [4.78, 5) is 22.5. The van der Waals surface area contributed by atoms with Crippen molar-refractivity contribution in [1.29, 1.82) is 0 Å². The van der Waals surface area contributed by atoms with E-state index < -0.39 is 23.1 Å². The molecule has 0 radical (unpaired) electrons. The van der Waals surface area contributed by atoms with Gasteiger partial charge in [-0.3, -0.25) is 9.48 Å². The van der Waals surface area contributed by atoms with Crippen LogP contribution in [0.15, 0.2) is 76.2 Å². The van der Waals surface area contributed by atoms with Crippen LogP contribution in [0.4, 0.5) is 14.6 Å². The third-order valence-electron chi connectivity index (χ3n) is 7.68. The number of rotatable bonds is 4. The summed E-state index contributed by atoms with van der Waals surface area (Å²) in [5, 5.41) is 10.8. The second-order valence-electron chi connectivity index (χ2n) is 10.2. The molecule has 0 aliphatic rings. The molecule has 7 aromatic rings. The summed E-state index contributed by atoms with van der Waals surface area (Å²) >= 11 is 0. The van der Waals surface area contributed by atoms with E-state index in [0.29, 0.717) is 16.7 Å². The standard InChI is InChI=1S/C31H23F2N7O2/c1-15-20-11-10-18(13-22(20)37-39(15)3)27-26-30(34)35-14-36-31(26)40(38-27)16(2)29-24(17-6-4-7-19(32)12-17)28(41)25-21(33)8-5-9-23(25)42-29/h4-14,16H,1-3H3,(H2,34,35,36). The smallest absolute Gasteiger partial charge is 0.203 e. The lowest BCUT2D eigenvalue weighted by atomic mass is 9.99. The van der Waals surface area contributed by atoms with E-state index in [1.54, 1.807) is 17.7 Å². The average Bonchev–Trinajstić information content (AvgIpc) is 3.50. The normalized spacial score (nSPS) is 12.5. The van der Waals surface area contributed by atoms with Gasteiger partial charge in [0.1, 0.15) is 52.2 Å². The fraction of sp³-hybridized carbons (Fsp3) is 0.129. The second kappa shape index (κ2) is 9.30. The number of hydrogen-bond donors (Lipinski definition) is 1. The summed E-state index contributed by atoms with van der Waals surface area (Å²) in [6.07, 6.45) is 1.33. The van der Waals surface area contributed by atoms with Crippen molar-refractivity contribution in [3.8, 4) is 22.4 Å². The van der Waals surface area contributed by atoms with Crippen molar-refractivity contribution in [2.45, 2.75) is 19.9 Å². The van der Waals surface area contributed by atoms with Crippen molar-refractivity contribution in [3.05, 3.63) is 100 Å². The number of nitrogens with two attached hydrogens (primary N) is 1. The molecule has 0 saturated carbocycles. The van der Waals surface area contributed by atoms with Gasteiger partial charge in [0.15, 0.2) is 5.65 Å². The quantitative estimate of drug-likeness (QED) is 0.282. The summed E-state index contributed by atoms with van der Waals surface area (Å²) in [6.45, 7) is 3.76. The highest BCUT2D eigenvalue weighted by Gasteiger charge is 2.28. The van der Waals surface area contributed by atoms with Crippen LogP contribution in [-0.4, -0.2) is 29.5 Å². The van der Waals surface area contributed by atoms with Gasteiger partial charge in [-0.2, -0.15) is 10.2 Å². The molecule has 208 valence electrons. The molecule has 2 N–H and O–H groups in total. The van der Waals surface area contributed by atoms with Crippen molar-refractivity contribution in [2.24, 2.45) is 7.05 Å². The number of hydrogen-bond acceptors (Lipinski definition) is 7. The van der Waals surface area contributed by atoms with Gasteiger partial charge in [0.05, 0.1) is 16.5 Å². The lowest BCUT2D eigenvalue weighted by Crippen LogP contribution is -2.17. The highest BCUT2D eigenvalue weighted by molar-refractivity contribution is 6.00. The average molecular weight is 564 g/mol. The molecule has 0 saturated heterocycles. The van der Waals surface area contributed by atoms with Crippen LogP contribution in [0.3, 0.4) is 0 Å². The highest BCUT2D eigenvalue weighted by Crippen LogP contribution is 2.37. The van der Waals surface area contributed by atoms with E-state index in [1.807, 2.05) is 36.9 Å². The highest BCUT2D eigenvalue weighted by atomic mass is 19.1. The first kappa shape index (κ1) is 25.5. The minimum Gasteiger partial charge on any atom is -0.458 e. The summed E-state index contributed by atoms with van der Waals surface area (Å²) < 4.78 is 38.8. The maximum Gasteiger partial charge on any atom is 0.203 e. The summed E-state index contributed by atoms with van der Waals surface area (Å²) in [7, 11) is 1.88. The zero-order valence-corrected chi connectivity index (χ0v) is 22.8. The van der Waals surface area contributed by atoms with Crippen LogP contribution < -0.4 is 11.2 Å². The van der Waals surface area contributed by atoms with E-state index in [9.17, 15) is 13.6 Å². The molecular formula is C31H23F2N7O2. The Morgan fingerprint density at radius 2 is 1.76 bits per heavy atom. The Balaban J connectivity index is 1.50. The number of nitrogens with zero attached hydrogens (tertiary/aromatic N) is 6. The fourth-order valence-corrected chi connectivity index (χ4v) is 5.48. The van der Waals surface area contributed by atoms with Crippen LogP contribution in [0.5, 0.6) is 0 Å². The molecule has 0 fully saturated rings. The van der Waals surface area contributed by atoms with E-state index >= 15 is 0 Å². The molecule has 0 spiro atoms. The first-order chi connectivity index (χ1) is 20.2. The number of nitrogen functional groups attached to an aromatic ring is 1. The van der Waals surface area contributed by atoms with Crippen molar-refractivity contribution in [3.63, 3.8) is 0 Å². The molecule has 42 heavy (non-hydrogen) atoms. The Morgan fingerprint density at radius 3 is 2.57 bits per heavy atom. The van der Waals surface area contributed by atoms with Crippen molar-refractivity contribution < 1.29 is 13.2 Å². The first-order valence-corrected chi connectivity index (χ1v) is 13.2. The Hall–Kier alpha value is -5.45.